The number of aryl methyl sites for hydroxylation is 2. The molecule has 1 amide bonds. The number of carbonyl (C=O) groups excluding carboxylic acids is 1. The van der Waals surface area contributed by atoms with Crippen LogP contribution in [0.15, 0.2) is 42.5 Å². The van der Waals surface area contributed by atoms with E-state index in [4.69, 9.17) is 4.74 Å². The summed E-state index contributed by atoms with van der Waals surface area (Å²) in [5.41, 5.74) is 2.40. The number of nitrogens with zero attached hydrogens (tertiary/aromatic N) is 1. The molecule has 0 aliphatic heterocycles. The fourth-order valence-corrected chi connectivity index (χ4v) is 4.34. The Labute approximate surface area is 171 Å². The van der Waals surface area contributed by atoms with Gasteiger partial charge in [-0.15, -0.1) is 0 Å². The maximum Gasteiger partial charge on any atom is 0.244 e. The van der Waals surface area contributed by atoms with Crippen LogP contribution < -0.4 is 14.4 Å². The van der Waals surface area contributed by atoms with Crippen LogP contribution in [0.25, 0.3) is 0 Å². The van der Waals surface area contributed by atoms with Gasteiger partial charge in [-0.3, -0.25) is 9.10 Å². The maximum absolute atomic E-state index is 13.2. The van der Waals surface area contributed by atoms with Crippen molar-refractivity contribution in [2.75, 3.05) is 23.7 Å². The number of halogens is 1. The number of anilines is 1. The van der Waals surface area contributed by atoms with Crippen molar-refractivity contribution < 1.29 is 22.3 Å². The van der Waals surface area contributed by atoms with Crippen LogP contribution in [-0.4, -0.2) is 39.8 Å². The van der Waals surface area contributed by atoms with E-state index in [9.17, 15) is 17.6 Å². The van der Waals surface area contributed by atoms with Crippen molar-refractivity contribution in [2.24, 2.45) is 0 Å². The first-order valence-corrected chi connectivity index (χ1v) is 11.2. The van der Waals surface area contributed by atoms with Crippen LogP contribution in [0.1, 0.15) is 24.5 Å². The standard InChI is InChI=1S/C21H27FN2O4S/c1-5-20(24(29(4,26)27)18-8-6-17(22)7-9-18)21(25)23-10-11-28-19-13-15(2)12-16(3)14-19/h6-9,12-14,20H,5,10-11H2,1-4H3,(H,23,25). The zero-order chi connectivity index (χ0) is 21.6. The van der Waals surface area contributed by atoms with Crippen LogP contribution in [0.3, 0.4) is 0 Å². The molecule has 0 radical (unpaired) electrons. The van der Waals surface area contributed by atoms with Crippen molar-refractivity contribution in [3.8, 4) is 5.75 Å². The first kappa shape index (κ1) is 22.7. The number of ether oxygens (including phenoxy) is 1. The summed E-state index contributed by atoms with van der Waals surface area (Å²) in [6.07, 6.45) is 1.28. The Kier molecular flexibility index (Phi) is 7.61. The number of hydrogen-bond donors (Lipinski definition) is 1. The Bertz CT molecular complexity index is 925. The molecule has 1 atom stereocenters. The average Bonchev–Trinajstić information content (AvgIpc) is 2.62. The average molecular weight is 423 g/mol. The highest BCUT2D eigenvalue weighted by molar-refractivity contribution is 7.92. The molecule has 1 N–H and O–H groups in total. The van der Waals surface area contributed by atoms with Gasteiger partial charge in [0.1, 0.15) is 24.2 Å². The van der Waals surface area contributed by atoms with Gasteiger partial charge in [0, 0.05) is 0 Å². The van der Waals surface area contributed by atoms with Gasteiger partial charge in [-0.25, -0.2) is 12.8 Å². The Morgan fingerprint density at radius 2 is 1.72 bits per heavy atom. The van der Waals surface area contributed by atoms with Crippen molar-refractivity contribution in [3.63, 3.8) is 0 Å². The van der Waals surface area contributed by atoms with Crippen molar-refractivity contribution >= 4 is 21.6 Å². The van der Waals surface area contributed by atoms with Crippen LogP contribution in [0.4, 0.5) is 10.1 Å². The van der Waals surface area contributed by atoms with Gasteiger partial charge in [-0.2, -0.15) is 0 Å². The van der Waals surface area contributed by atoms with Crippen molar-refractivity contribution in [2.45, 2.75) is 33.2 Å². The molecule has 0 bridgehead atoms. The van der Waals surface area contributed by atoms with E-state index in [-0.39, 0.29) is 25.3 Å². The zero-order valence-electron chi connectivity index (χ0n) is 17.1. The summed E-state index contributed by atoms with van der Waals surface area (Å²) in [5.74, 6) is -0.206. The van der Waals surface area contributed by atoms with Gasteiger partial charge in [0.15, 0.2) is 0 Å². The minimum atomic E-state index is -3.75. The summed E-state index contributed by atoms with van der Waals surface area (Å²) < 4.78 is 44.6. The van der Waals surface area contributed by atoms with Gasteiger partial charge in [-0.1, -0.05) is 13.0 Å². The minimum Gasteiger partial charge on any atom is -0.492 e. The number of amides is 1. The van der Waals surface area contributed by atoms with Crippen molar-refractivity contribution in [1.82, 2.24) is 5.32 Å². The topological polar surface area (TPSA) is 75.7 Å². The van der Waals surface area contributed by atoms with Gasteiger partial charge >= 0.3 is 0 Å². The van der Waals surface area contributed by atoms with E-state index in [0.29, 0.717) is 5.75 Å². The molecular formula is C21H27FN2O4S. The summed E-state index contributed by atoms with van der Waals surface area (Å²) in [6, 6.07) is 9.91. The summed E-state index contributed by atoms with van der Waals surface area (Å²) >= 11 is 0. The summed E-state index contributed by atoms with van der Waals surface area (Å²) in [6.45, 7) is 6.15. The number of hydrogen-bond acceptors (Lipinski definition) is 4. The first-order valence-electron chi connectivity index (χ1n) is 9.35. The van der Waals surface area contributed by atoms with E-state index < -0.39 is 27.8 Å². The van der Waals surface area contributed by atoms with E-state index in [1.807, 2.05) is 32.0 Å². The summed E-state index contributed by atoms with van der Waals surface area (Å²) in [7, 11) is -3.75. The number of sulfonamides is 1. The van der Waals surface area contributed by atoms with Crippen LogP contribution in [-0.2, 0) is 14.8 Å². The lowest BCUT2D eigenvalue weighted by Gasteiger charge is -2.30. The van der Waals surface area contributed by atoms with Gasteiger partial charge in [-0.05, 0) is 67.8 Å². The molecule has 0 aromatic heterocycles. The van der Waals surface area contributed by atoms with Crippen LogP contribution in [0.5, 0.6) is 5.75 Å². The largest absolute Gasteiger partial charge is 0.492 e. The molecule has 1 unspecified atom stereocenters. The molecule has 158 valence electrons. The Balaban J connectivity index is 2.04. The zero-order valence-corrected chi connectivity index (χ0v) is 17.9. The van der Waals surface area contributed by atoms with Gasteiger partial charge < -0.3 is 10.1 Å². The molecule has 2 aromatic carbocycles. The second-order valence-corrected chi connectivity index (χ2v) is 8.78. The van der Waals surface area contributed by atoms with Crippen molar-refractivity contribution in [1.29, 1.82) is 0 Å². The fraction of sp³-hybridized carbons (Fsp3) is 0.381. The molecule has 6 nitrogen and oxygen atoms in total. The van der Waals surface area contributed by atoms with E-state index in [2.05, 4.69) is 5.32 Å². The fourth-order valence-electron chi connectivity index (χ4n) is 3.13. The van der Waals surface area contributed by atoms with Gasteiger partial charge in [0.25, 0.3) is 0 Å². The van der Waals surface area contributed by atoms with E-state index in [0.717, 1.165) is 33.8 Å². The Morgan fingerprint density at radius 1 is 1.14 bits per heavy atom. The smallest absolute Gasteiger partial charge is 0.244 e. The highest BCUT2D eigenvalue weighted by atomic mass is 32.2. The predicted molar refractivity (Wildman–Crippen MR) is 112 cm³/mol. The number of nitrogens with one attached hydrogen (secondary N) is 1. The monoisotopic (exact) mass is 422 g/mol. The molecule has 2 rings (SSSR count). The van der Waals surface area contributed by atoms with E-state index in [1.165, 1.54) is 12.1 Å². The molecule has 0 fully saturated rings. The van der Waals surface area contributed by atoms with E-state index in [1.54, 1.807) is 6.92 Å². The normalized spacial score (nSPS) is 12.3. The lowest BCUT2D eigenvalue weighted by molar-refractivity contribution is -0.122. The molecule has 0 spiro atoms. The Morgan fingerprint density at radius 3 is 2.24 bits per heavy atom. The maximum atomic E-state index is 13.2. The predicted octanol–water partition coefficient (Wildman–Crippen LogP) is 3.18. The van der Waals surface area contributed by atoms with Crippen LogP contribution in [0, 0.1) is 19.7 Å². The third kappa shape index (κ3) is 6.45. The molecule has 0 saturated heterocycles. The lowest BCUT2D eigenvalue weighted by Crippen LogP contribution is -2.50. The third-order valence-corrected chi connectivity index (χ3v) is 5.46. The Hall–Kier alpha value is -2.61. The molecule has 0 aliphatic carbocycles. The van der Waals surface area contributed by atoms with Gasteiger partial charge in [0.05, 0.1) is 18.5 Å². The van der Waals surface area contributed by atoms with Crippen LogP contribution >= 0.6 is 0 Å². The minimum absolute atomic E-state index is 0.226. The van der Waals surface area contributed by atoms with Crippen molar-refractivity contribution in [3.05, 3.63) is 59.4 Å². The number of benzene rings is 2. The molecular weight excluding hydrogens is 395 g/mol. The second kappa shape index (κ2) is 9.73. The molecule has 2 aromatic rings. The third-order valence-electron chi connectivity index (χ3n) is 4.28. The van der Waals surface area contributed by atoms with E-state index >= 15 is 0 Å². The lowest BCUT2D eigenvalue weighted by atomic mass is 10.1. The molecule has 29 heavy (non-hydrogen) atoms. The number of rotatable bonds is 9. The summed E-state index contributed by atoms with van der Waals surface area (Å²) in [4.78, 5) is 12.7. The van der Waals surface area contributed by atoms with Gasteiger partial charge in [0.2, 0.25) is 15.9 Å². The highest BCUT2D eigenvalue weighted by Gasteiger charge is 2.31. The summed E-state index contributed by atoms with van der Waals surface area (Å²) in [5, 5.41) is 2.72. The second-order valence-electron chi connectivity index (χ2n) is 6.92. The molecule has 0 heterocycles. The SMILES string of the molecule is CCC(C(=O)NCCOc1cc(C)cc(C)c1)N(c1ccc(F)cc1)S(C)(=O)=O. The molecule has 0 saturated carbocycles. The highest BCUT2D eigenvalue weighted by Crippen LogP contribution is 2.23. The first-order chi connectivity index (χ1) is 13.6. The molecule has 8 heteroatoms. The number of carbonyl (C=O) groups is 1. The molecule has 0 aliphatic rings. The van der Waals surface area contributed by atoms with Crippen LogP contribution in [0.2, 0.25) is 0 Å². The quantitative estimate of drug-likeness (QED) is 0.630.